The number of unbranched alkanes of at least 4 members (excludes halogenated alkanes) is 79. The molecule has 0 amide bonds. The van der Waals surface area contributed by atoms with Gasteiger partial charge in [-0.1, -0.05) is 549 Å². The number of hydrogen-bond donors (Lipinski definition) is 0. The minimum atomic E-state index is 0.157. The Labute approximate surface area is 759 Å². The molecule has 0 N–H and O–H groups in total. The largest absolute Gasteiger partial charge is 0.498 e. The van der Waals surface area contributed by atoms with Gasteiger partial charge in [0.05, 0.1) is 12.4 Å². The summed E-state index contributed by atoms with van der Waals surface area (Å²) in [5, 5.41) is 0. The van der Waals surface area contributed by atoms with Gasteiger partial charge in [0, 0.05) is 24.8 Å². The lowest BCUT2D eigenvalue weighted by atomic mass is 9.71. The smallest absolute Gasteiger partial charge is 0.136 e. The van der Waals surface area contributed by atoms with E-state index in [0.717, 1.165) is 51.0 Å². The summed E-state index contributed by atoms with van der Waals surface area (Å²) in [5.41, 5.74) is 0. The minimum Gasteiger partial charge on any atom is -0.498 e. The van der Waals surface area contributed by atoms with Gasteiger partial charge in [0.2, 0.25) is 0 Å². The number of Topliss-reactive ketones (excluding diaryl/α,β-unsaturated/α-hetero) is 1. The first-order valence-electron chi connectivity index (χ1n) is 57.4. The van der Waals surface area contributed by atoms with Gasteiger partial charge < -0.3 is 19.4 Å². The Morgan fingerprint density at radius 3 is 0.583 bits per heavy atom. The molecule has 5 heteroatoms. The normalized spacial score (nSPS) is 14.5. The van der Waals surface area contributed by atoms with Crippen LogP contribution in [0, 0.1) is 17.8 Å². The molecule has 120 heavy (non-hydrogen) atoms. The highest BCUT2D eigenvalue weighted by Gasteiger charge is 2.34. The molecule has 0 spiro atoms. The van der Waals surface area contributed by atoms with Crippen molar-refractivity contribution in [1.82, 2.24) is 14.7 Å². The molecule has 0 bridgehead atoms. The Kier molecular flexibility index (Phi) is 97.8. The van der Waals surface area contributed by atoms with Crippen molar-refractivity contribution < 1.29 is 9.53 Å². The van der Waals surface area contributed by atoms with E-state index in [1.807, 2.05) is 0 Å². The van der Waals surface area contributed by atoms with Gasteiger partial charge in [-0.3, -0.25) is 4.79 Å². The maximum absolute atomic E-state index is 14.9. The lowest BCUT2D eigenvalue weighted by Gasteiger charge is -2.35. The van der Waals surface area contributed by atoms with E-state index < -0.39 is 0 Å². The van der Waals surface area contributed by atoms with Crippen molar-refractivity contribution >= 4 is 5.78 Å². The molecule has 0 heterocycles. The van der Waals surface area contributed by atoms with Crippen LogP contribution in [0.5, 0.6) is 0 Å². The summed E-state index contributed by atoms with van der Waals surface area (Å²) < 4.78 is 6.90. The van der Waals surface area contributed by atoms with Crippen LogP contribution in [0.15, 0.2) is 12.3 Å². The molecule has 0 saturated heterocycles. The second-order valence-electron chi connectivity index (χ2n) is 40.8. The summed E-state index contributed by atoms with van der Waals surface area (Å²) in [5.74, 6) is 2.63. The molecule has 3 unspecified atom stereocenters. The molecular weight excluding hydrogens is 1460 g/mol. The van der Waals surface area contributed by atoms with Gasteiger partial charge in [-0.15, -0.1) is 0 Å². The van der Waals surface area contributed by atoms with Crippen LogP contribution in [-0.4, -0.2) is 86.0 Å². The predicted octanol–water partition coefficient (Wildman–Crippen LogP) is 39.3. The fraction of sp³-hybridized carbons (Fsp3) is 0.974. The molecule has 0 aromatic rings. The fourth-order valence-corrected chi connectivity index (χ4v) is 20.4. The summed E-state index contributed by atoms with van der Waals surface area (Å²) in [7, 11) is 0. The number of ether oxygens (including phenoxy) is 1. The van der Waals surface area contributed by atoms with Crippen molar-refractivity contribution in [3.8, 4) is 0 Å². The Morgan fingerprint density at radius 1 is 0.208 bits per heavy atom. The van der Waals surface area contributed by atoms with Gasteiger partial charge in [-0.05, 0) is 148 Å². The number of hydrogen-bond acceptors (Lipinski definition) is 5. The van der Waals surface area contributed by atoms with E-state index in [1.54, 1.807) is 0 Å². The van der Waals surface area contributed by atoms with E-state index in [-0.39, 0.29) is 5.92 Å². The minimum absolute atomic E-state index is 0.157. The van der Waals surface area contributed by atoms with Crippen LogP contribution in [0.1, 0.15) is 639 Å². The third kappa shape index (κ3) is 86.5. The highest BCUT2D eigenvalue weighted by Crippen LogP contribution is 2.41. The van der Waals surface area contributed by atoms with E-state index in [0.29, 0.717) is 17.6 Å². The van der Waals surface area contributed by atoms with Crippen LogP contribution in [0.25, 0.3) is 0 Å². The van der Waals surface area contributed by atoms with Crippen molar-refractivity contribution in [3.05, 3.63) is 12.3 Å². The molecule has 1 saturated carbocycles. The van der Waals surface area contributed by atoms with Gasteiger partial charge in [-0.25, -0.2) is 0 Å². The molecule has 3 atom stereocenters. The maximum atomic E-state index is 14.9. The van der Waals surface area contributed by atoms with Crippen molar-refractivity contribution in [2.75, 3.05) is 65.5 Å². The first-order valence-corrected chi connectivity index (χ1v) is 57.4. The standard InChI is InChI=1S/C115H229N3O2/c1-8-14-20-26-32-38-44-50-56-62-68-74-80-87-98-116(99-88-81-75-69-63-57-51-45-39-33-27-21-15-9-2)104-93-86-97-115(119)114-109-112(96-94-105-117(100-89-82-76-70-64-58-52-46-40-34-28-22-16-10-3)101-90-83-77-71-65-59-53-47-41-35-29-23-17-11-4)108-113(110-114)111(7)120-107-95-106-118(102-91-84-78-72-66-60-54-48-42-36-30-24-18-12-5)103-92-85-79-73-67-61-55-49-43-37-31-25-19-13-6/h112-114H,7-110H2,1-6H3. The Bertz CT molecular complexity index is 1730. The molecule has 1 aliphatic rings. The fourth-order valence-electron chi connectivity index (χ4n) is 20.4. The molecule has 0 aromatic carbocycles. The highest BCUT2D eigenvalue weighted by molar-refractivity contribution is 5.81. The van der Waals surface area contributed by atoms with Crippen LogP contribution in [-0.2, 0) is 9.53 Å². The Morgan fingerprint density at radius 2 is 0.375 bits per heavy atom. The van der Waals surface area contributed by atoms with Crippen LogP contribution in [0.4, 0.5) is 0 Å². The number of nitrogens with zero attached hydrogens (tertiary/aromatic N) is 3. The van der Waals surface area contributed by atoms with Crippen molar-refractivity contribution in [2.24, 2.45) is 17.8 Å². The van der Waals surface area contributed by atoms with Crippen molar-refractivity contribution in [3.63, 3.8) is 0 Å². The Balaban J connectivity index is 3.18. The molecule has 0 aromatic heterocycles. The third-order valence-corrected chi connectivity index (χ3v) is 28.8. The monoisotopic (exact) mass is 1680 g/mol. The lowest BCUT2D eigenvalue weighted by molar-refractivity contribution is -0.125. The van der Waals surface area contributed by atoms with Gasteiger partial charge >= 0.3 is 0 Å². The Hall–Kier alpha value is -0.910. The summed E-state index contributed by atoms with van der Waals surface area (Å²) >= 11 is 0. The molecule has 0 aliphatic heterocycles. The third-order valence-electron chi connectivity index (χ3n) is 28.8. The van der Waals surface area contributed by atoms with Crippen LogP contribution in [0.3, 0.4) is 0 Å². The van der Waals surface area contributed by atoms with Gasteiger partial charge in [0.15, 0.2) is 0 Å². The van der Waals surface area contributed by atoms with Crippen LogP contribution >= 0.6 is 0 Å². The predicted molar refractivity (Wildman–Crippen MR) is 543 cm³/mol. The zero-order chi connectivity index (χ0) is 86.2. The number of rotatable bonds is 106. The quantitative estimate of drug-likeness (QED) is 0.0448. The second kappa shape index (κ2) is 100. The molecule has 1 rings (SSSR count). The second-order valence-corrected chi connectivity index (χ2v) is 40.8. The summed E-state index contributed by atoms with van der Waals surface area (Å²) in [6.45, 7) is 30.7. The average molecular weight is 1690 g/mol. The first-order chi connectivity index (χ1) is 59.4. The summed E-state index contributed by atoms with van der Waals surface area (Å²) in [4.78, 5) is 23.5. The van der Waals surface area contributed by atoms with Crippen LogP contribution in [0.2, 0.25) is 0 Å². The first kappa shape index (κ1) is 117. The van der Waals surface area contributed by atoms with E-state index in [1.165, 1.54) is 617 Å². The summed E-state index contributed by atoms with van der Waals surface area (Å²) in [6.07, 6.45) is 130. The molecule has 1 aliphatic carbocycles. The number of carbonyl (C=O) groups is 1. The van der Waals surface area contributed by atoms with Crippen molar-refractivity contribution in [1.29, 1.82) is 0 Å². The lowest BCUT2D eigenvalue weighted by Crippen LogP contribution is -2.31. The zero-order valence-corrected chi connectivity index (χ0v) is 84.4. The van der Waals surface area contributed by atoms with Crippen molar-refractivity contribution in [2.45, 2.75) is 639 Å². The maximum Gasteiger partial charge on any atom is 0.136 e. The van der Waals surface area contributed by atoms with E-state index in [2.05, 4.69) is 56.2 Å². The van der Waals surface area contributed by atoms with E-state index in [9.17, 15) is 4.79 Å². The average Bonchev–Trinajstić information content (AvgIpc) is 0.837. The zero-order valence-electron chi connectivity index (χ0n) is 84.4. The molecule has 1 fully saturated rings. The van der Waals surface area contributed by atoms with Crippen LogP contribution < -0.4 is 0 Å². The van der Waals surface area contributed by atoms with Gasteiger partial charge in [-0.2, -0.15) is 0 Å². The number of carbonyl (C=O) groups excluding carboxylic acids is 1. The molecule has 716 valence electrons. The highest BCUT2D eigenvalue weighted by atomic mass is 16.5. The SMILES string of the molecule is C=C(OCCCN(CCCCCCCCCCCCCCCC)CCCCCCCCCCCCCCCC)C1CC(CCCN(CCCCCCCCCCCCCCCC)CCCCCCCCCCCCCCCC)CC(C(=O)CCCCN(CCCCCCCCCCCCCCCC)CCCCCCCCCCCCCCCC)C1. The number of allylic oxidation sites excluding steroid dienone is 1. The molecular formula is C115H229N3O2. The van der Waals surface area contributed by atoms with Gasteiger partial charge in [0.1, 0.15) is 5.78 Å². The van der Waals surface area contributed by atoms with E-state index >= 15 is 0 Å². The molecule has 0 radical (unpaired) electrons. The van der Waals surface area contributed by atoms with Gasteiger partial charge in [0.25, 0.3) is 0 Å². The summed E-state index contributed by atoms with van der Waals surface area (Å²) in [6, 6.07) is 0. The topological polar surface area (TPSA) is 36.0 Å². The van der Waals surface area contributed by atoms with E-state index in [4.69, 9.17) is 11.3 Å². The number of ketones is 1. The molecule has 5 nitrogen and oxygen atoms in total.